The normalized spacial score (nSPS) is 43.5. The maximum atomic E-state index is 12.2. The summed E-state index contributed by atoms with van der Waals surface area (Å²) in [7, 11) is 0. The lowest BCUT2D eigenvalue weighted by molar-refractivity contribution is -0.150. The molecular formula is C37H61N3O2. The Morgan fingerprint density at radius 2 is 1.74 bits per heavy atom. The number of fused-ring (bicyclic) bond motifs is 4. The van der Waals surface area contributed by atoms with E-state index < -0.39 is 0 Å². The number of ether oxygens (including phenoxy) is 1. The lowest BCUT2D eigenvalue weighted by atomic mass is 9.39. The molecule has 9 atom stereocenters. The molecule has 0 aromatic heterocycles. The Morgan fingerprint density at radius 1 is 1.05 bits per heavy atom. The van der Waals surface area contributed by atoms with E-state index in [9.17, 15) is 10.2 Å². The Morgan fingerprint density at radius 3 is 2.33 bits per heavy atom. The van der Waals surface area contributed by atoms with Gasteiger partial charge in [0.1, 0.15) is 6.10 Å². The molecule has 0 aromatic rings. The van der Waals surface area contributed by atoms with Crippen LogP contribution in [0.25, 0.3) is 0 Å². The first-order valence-corrected chi connectivity index (χ1v) is 17.3. The standard InChI is InChI=1S/C37H61N3O2/c1-23(2)21-33(6)16-17-35(8)27-12-13-31(37(18-19-37)29(27)20-32(39)36(35,9)22-33)34(7)15-14-30(42-26(5)41)28(34)11-10-24(3)40-25(4)38/h20,23-24,27-28,30-31,39H,10-19,21-22H2,1-9H3,(H2,38,40)/t24?,27?,28?,30-,31?,33-,34-,35?,36-/m1/s1. The fourth-order valence-corrected chi connectivity index (χ4v) is 11.8. The molecule has 0 bridgehead atoms. The zero-order valence-electron chi connectivity index (χ0n) is 28.4. The number of hydrogen-bond acceptors (Lipinski definition) is 4. The Hall–Kier alpha value is -1.65. The highest BCUT2D eigenvalue weighted by Crippen LogP contribution is 2.76. The van der Waals surface area contributed by atoms with Crippen molar-refractivity contribution in [1.82, 2.24) is 0 Å². The molecule has 1 spiro atoms. The summed E-state index contributed by atoms with van der Waals surface area (Å²) in [6, 6.07) is 0.176. The molecule has 0 aliphatic heterocycles. The number of nitrogens with one attached hydrogen (secondary N) is 1. The van der Waals surface area contributed by atoms with Gasteiger partial charge < -0.3 is 15.9 Å². The number of allylic oxidation sites excluding steroid dienone is 2. The van der Waals surface area contributed by atoms with E-state index in [0.29, 0.717) is 34.9 Å². The Kier molecular flexibility index (Phi) is 8.14. The second-order valence-corrected chi connectivity index (χ2v) is 17.2. The maximum absolute atomic E-state index is 12.2. The van der Waals surface area contributed by atoms with Gasteiger partial charge in [-0.1, -0.05) is 47.1 Å². The first-order chi connectivity index (χ1) is 19.5. The van der Waals surface area contributed by atoms with Gasteiger partial charge in [0.2, 0.25) is 0 Å². The van der Waals surface area contributed by atoms with Crippen molar-refractivity contribution in [3.63, 3.8) is 0 Å². The van der Waals surface area contributed by atoms with Gasteiger partial charge in [0.25, 0.3) is 0 Å². The summed E-state index contributed by atoms with van der Waals surface area (Å²) in [6.45, 7) is 20.4. The molecule has 236 valence electrons. The van der Waals surface area contributed by atoms with Crippen LogP contribution in [0.5, 0.6) is 0 Å². The van der Waals surface area contributed by atoms with Crippen molar-refractivity contribution in [3.8, 4) is 0 Å². The number of hydrogen-bond donors (Lipinski definition) is 2. The van der Waals surface area contributed by atoms with E-state index in [-0.39, 0.29) is 39.8 Å². The van der Waals surface area contributed by atoms with Gasteiger partial charge in [0.15, 0.2) is 0 Å². The van der Waals surface area contributed by atoms with Crippen molar-refractivity contribution >= 4 is 17.5 Å². The number of carbonyl (C=O) groups is 1. The third kappa shape index (κ3) is 5.11. The first-order valence-electron chi connectivity index (χ1n) is 17.3. The molecule has 0 radical (unpaired) electrons. The predicted octanol–water partition coefficient (Wildman–Crippen LogP) is 8.90. The summed E-state index contributed by atoms with van der Waals surface area (Å²) in [4.78, 5) is 16.8. The van der Waals surface area contributed by atoms with Crippen LogP contribution < -0.4 is 5.73 Å². The minimum atomic E-state index is -0.152. The molecule has 4 saturated carbocycles. The second kappa shape index (κ2) is 10.8. The molecule has 5 nitrogen and oxygen atoms in total. The van der Waals surface area contributed by atoms with Crippen LogP contribution in [0.2, 0.25) is 0 Å². The smallest absolute Gasteiger partial charge is 0.302 e. The van der Waals surface area contributed by atoms with Crippen LogP contribution in [0.15, 0.2) is 16.6 Å². The van der Waals surface area contributed by atoms with E-state index in [4.69, 9.17) is 10.5 Å². The SMILES string of the molecule is CC(=O)O[C@@H]1CC[C@@](C)(C2CCC3C(=CC(=N)[C@@]4(C)C[C@@](C)(CC(C)C)CCC34C)C23CC3)C1CCC(C)N=C(C)N. The highest BCUT2D eigenvalue weighted by Gasteiger charge is 2.69. The minimum Gasteiger partial charge on any atom is -0.462 e. The number of nitrogens with zero attached hydrogens (tertiary/aromatic N) is 1. The first kappa shape index (κ1) is 31.8. The van der Waals surface area contributed by atoms with Crippen molar-refractivity contribution in [2.24, 2.45) is 61.5 Å². The zero-order valence-corrected chi connectivity index (χ0v) is 28.4. The number of nitrogens with two attached hydrogens (primary N) is 1. The Bertz CT molecular complexity index is 1150. The van der Waals surface area contributed by atoms with Crippen molar-refractivity contribution < 1.29 is 9.53 Å². The third-order valence-electron chi connectivity index (χ3n) is 13.7. The van der Waals surface area contributed by atoms with Crippen LogP contribution in [-0.2, 0) is 9.53 Å². The number of aliphatic imine (C=N–C) groups is 1. The monoisotopic (exact) mass is 579 g/mol. The summed E-state index contributed by atoms with van der Waals surface area (Å²) in [5, 5.41) is 9.61. The van der Waals surface area contributed by atoms with Crippen LogP contribution in [0.1, 0.15) is 139 Å². The van der Waals surface area contributed by atoms with Gasteiger partial charge >= 0.3 is 5.97 Å². The molecule has 5 aliphatic rings. The van der Waals surface area contributed by atoms with E-state index in [2.05, 4.69) is 59.5 Å². The average molecular weight is 580 g/mol. The number of amidine groups is 1. The molecule has 3 N–H and O–H groups in total. The summed E-state index contributed by atoms with van der Waals surface area (Å²) in [5.41, 5.74) is 9.26. The Labute approximate surface area is 256 Å². The number of carbonyl (C=O) groups excluding carboxylic acids is 1. The van der Waals surface area contributed by atoms with Crippen molar-refractivity contribution in [2.75, 3.05) is 0 Å². The fraction of sp³-hybridized carbons (Fsp3) is 0.865. The van der Waals surface area contributed by atoms with E-state index in [0.717, 1.165) is 37.8 Å². The quantitative estimate of drug-likeness (QED) is 0.171. The average Bonchev–Trinajstić information content (AvgIpc) is 3.58. The number of rotatable bonds is 8. The van der Waals surface area contributed by atoms with Gasteiger partial charge in [-0.15, -0.1) is 0 Å². The second-order valence-electron chi connectivity index (χ2n) is 17.2. The molecule has 5 unspecified atom stereocenters. The van der Waals surface area contributed by atoms with Gasteiger partial charge in [0.05, 0.1) is 5.84 Å². The van der Waals surface area contributed by atoms with Gasteiger partial charge in [-0.25, -0.2) is 0 Å². The largest absolute Gasteiger partial charge is 0.462 e. The summed E-state index contributed by atoms with van der Waals surface area (Å²) in [5.74, 6) is 2.70. The third-order valence-corrected chi connectivity index (χ3v) is 13.7. The van der Waals surface area contributed by atoms with Crippen molar-refractivity contribution in [1.29, 1.82) is 5.41 Å². The molecule has 0 aromatic carbocycles. The highest BCUT2D eigenvalue weighted by molar-refractivity contribution is 6.00. The van der Waals surface area contributed by atoms with Crippen LogP contribution in [0.3, 0.4) is 0 Å². The molecule has 0 saturated heterocycles. The molecule has 0 heterocycles. The predicted molar refractivity (Wildman–Crippen MR) is 174 cm³/mol. The maximum Gasteiger partial charge on any atom is 0.302 e. The molecule has 42 heavy (non-hydrogen) atoms. The molecule has 5 aliphatic carbocycles. The number of esters is 1. The van der Waals surface area contributed by atoms with Crippen LogP contribution in [0.4, 0.5) is 0 Å². The van der Waals surface area contributed by atoms with Gasteiger partial charge in [-0.05, 0) is 136 Å². The van der Waals surface area contributed by atoms with Crippen molar-refractivity contribution in [2.45, 2.75) is 152 Å². The summed E-state index contributed by atoms with van der Waals surface area (Å²) >= 11 is 0. The van der Waals surface area contributed by atoms with Crippen LogP contribution in [0, 0.1) is 56.2 Å². The van der Waals surface area contributed by atoms with Gasteiger partial charge in [-0.2, -0.15) is 0 Å². The molecule has 5 rings (SSSR count). The lowest BCUT2D eigenvalue weighted by Gasteiger charge is -2.64. The minimum absolute atomic E-state index is 0.00685. The fourth-order valence-electron chi connectivity index (χ4n) is 11.8. The van der Waals surface area contributed by atoms with E-state index >= 15 is 0 Å². The van der Waals surface area contributed by atoms with Crippen LogP contribution in [-0.4, -0.2) is 29.7 Å². The summed E-state index contributed by atoms with van der Waals surface area (Å²) < 4.78 is 6.03. The zero-order chi connectivity index (χ0) is 30.9. The molecular weight excluding hydrogens is 518 g/mol. The van der Waals surface area contributed by atoms with E-state index in [1.54, 1.807) is 12.5 Å². The Balaban J connectivity index is 1.46. The van der Waals surface area contributed by atoms with Crippen LogP contribution >= 0.6 is 0 Å². The van der Waals surface area contributed by atoms with Gasteiger partial charge in [-0.3, -0.25) is 9.79 Å². The lowest BCUT2D eigenvalue weighted by Crippen LogP contribution is -2.59. The van der Waals surface area contributed by atoms with Crippen molar-refractivity contribution in [3.05, 3.63) is 11.6 Å². The van der Waals surface area contributed by atoms with E-state index in [1.165, 1.54) is 44.9 Å². The van der Waals surface area contributed by atoms with E-state index in [1.807, 2.05) is 6.92 Å². The molecule has 5 heteroatoms. The summed E-state index contributed by atoms with van der Waals surface area (Å²) in [6.07, 6.45) is 16.4. The van der Waals surface area contributed by atoms with Gasteiger partial charge in [0, 0.05) is 30.0 Å². The topological polar surface area (TPSA) is 88.5 Å². The molecule has 0 amide bonds. The highest BCUT2D eigenvalue weighted by atomic mass is 16.5. The molecule has 4 fully saturated rings.